The van der Waals surface area contributed by atoms with Crippen LogP contribution < -0.4 is 25.0 Å². The molecular formula is C27H27N3O5. The van der Waals surface area contributed by atoms with E-state index >= 15 is 0 Å². The van der Waals surface area contributed by atoms with Crippen LogP contribution in [0.15, 0.2) is 66.7 Å². The summed E-state index contributed by atoms with van der Waals surface area (Å²) in [5.74, 6) is 0.361. The Morgan fingerprint density at radius 3 is 2.29 bits per heavy atom. The molecule has 1 fully saturated rings. The van der Waals surface area contributed by atoms with Gasteiger partial charge >= 0.3 is 0 Å². The maximum Gasteiger partial charge on any atom is 0.257 e. The topological polar surface area (TPSA) is 97.0 Å². The van der Waals surface area contributed by atoms with Gasteiger partial charge in [-0.3, -0.25) is 14.4 Å². The summed E-state index contributed by atoms with van der Waals surface area (Å²) in [4.78, 5) is 39.9. The molecule has 0 unspecified atom stereocenters. The van der Waals surface area contributed by atoms with Crippen molar-refractivity contribution in [2.75, 3.05) is 36.3 Å². The van der Waals surface area contributed by atoms with Gasteiger partial charge in [-0.1, -0.05) is 6.07 Å². The van der Waals surface area contributed by atoms with Gasteiger partial charge in [-0.05, 0) is 73.5 Å². The van der Waals surface area contributed by atoms with Gasteiger partial charge in [0, 0.05) is 29.9 Å². The van der Waals surface area contributed by atoms with Gasteiger partial charge in [0.2, 0.25) is 5.91 Å². The second-order valence-electron chi connectivity index (χ2n) is 8.10. The monoisotopic (exact) mass is 473 g/mol. The molecule has 1 aliphatic heterocycles. The Morgan fingerprint density at radius 1 is 0.829 bits per heavy atom. The van der Waals surface area contributed by atoms with E-state index in [9.17, 15) is 14.4 Å². The van der Waals surface area contributed by atoms with E-state index in [0.717, 1.165) is 18.5 Å². The fraction of sp³-hybridized carbons (Fsp3) is 0.222. The average molecular weight is 474 g/mol. The third kappa shape index (κ3) is 5.60. The van der Waals surface area contributed by atoms with Crippen LogP contribution >= 0.6 is 0 Å². The van der Waals surface area contributed by atoms with Crippen LogP contribution in [0.25, 0.3) is 0 Å². The van der Waals surface area contributed by atoms with E-state index in [4.69, 9.17) is 9.47 Å². The van der Waals surface area contributed by atoms with Crippen LogP contribution in [0.3, 0.4) is 0 Å². The molecule has 3 amide bonds. The number of rotatable bonds is 7. The van der Waals surface area contributed by atoms with Crippen molar-refractivity contribution in [3.63, 3.8) is 0 Å². The Labute approximate surface area is 203 Å². The first-order valence-electron chi connectivity index (χ1n) is 11.3. The van der Waals surface area contributed by atoms with Crippen molar-refractivity contribution in [3.05, 3.63) is 77.9 Å². The largest absolute Gasteiger partial charge is 0.497 e. The van der Waals surface area contributed by atoms with Crippen molar-refractivity contribution in [3.8, 4) is 11.5 Å². The van der Waals surface area contributed by atoms with Gasteiger partial charge < -0.3 is 25.0 Å². The summed E-state index contributed by atoms with van der Waals surface area (Å²) >= 11 is 0. The predicted molar refractivity (Wildman–Crippen MR) is 135 cm³/mol. The van der Waals surface area contributed by atoms with Crippen LogP contribution in [-0.2, 0) is 4.79 Å². The molecule has 1 aliphatic rings. The molecule has 2 N–H and O–H groups in total. The van der Waals surface area contributed by atoms with Crippen molar-refractivity contribution >= 4 is 34.8 Å². The summed E-state index contributed by atoms with van der Waals surface area (Å²) in [5, 5.41) is 5.65. The standard InChI is InChI=1S/C27H27N3O5/c1-34-21-7-5-6-18(16-21)26(32)29-24-14-13-22(35-2)17-23(24)27(33)28-19-9-11-20(12-10-19)30-15-4-3-8-25(30)31/h5-7,9-14,16-17H,3-4,8,15H2,1-2H3,(H,28,33)(H,29,32). The zero-order chi connectivity index (χ0) is 24.8. The smallest absolute Gasteiger partial charge is 0.257 e. The molecule has 1 heterocycles. The Morgan fingerprint density at radius 2 is 1.57 bits per heavy atom. The van der Waals surface area contributed by atoms with Gasteiger partial charge in [0.15, 0.2) is 0 Å². The molecule has 8 nitrogen and oxygen atoms in total. The summed E-state index contributed by atoms with van der Waals surface area (Å²) in [5.41, 5.74) is 2.35. The summed E-state index contributed by atoms with van der Waals surface area (Å²) in [7, 11) is 3.03. The molecular weight excluding hydrogens is 446 g/mol. The number of anilines is 3. The van der Waals surface area contributed by atoms with Gasteiger partial charge in [0.05, 0.1) is 25.5 Å². The Balaban J connectivity index is 1.52. The highest BCUT2D eigenvalue weighted by Crippen LogP contribution is 2.26. The van der Waals surface area contributed by atoms with Crippen LogP contribution in [0.5, 0.6) is 11.5 Å². The van der Waals surface area contributed by atoms with E-state index < -0.39 is 5.91 Å². The lowest BCUT2D eigenvalue weighted by molar-refractivity contribution is -0.119. The average Bonchev–Trinajstić information content (AvgIpc) is 2.89. The minimum Gasteiger partial charge on any atom is -0.497 e. The molecule has 0 atom stereocenters. The van der Waals surface area contributed by atoms with Gasteiger partial charge in [-0.15, -0.1) is 0 Å². The molecule has 8 heteroatoms. The second-order valence-corrected chi connectivity index (χ2v) is 8.10. The number of hydrogen-bond acceptors (Lipinski definition) is 5. The van der Waals surface area contributed by atoms with Gasteiger partial charge in [-0.25, -0.2) is 0 Å². The first-order valence-corrected chi connectivity index (χ1v) is 11.3. The van der Waals surface area contributed by atoms with Crippen molar-refractivity contribution < 1.29 is 23.9 Å². The lowest BCUT2D eigenvalue weighted by atomic mass is 10.1. The van der Waals surface area contributed by atoms with Crippen LogP contribution in [0.1, 0.15) is 40.0 Å². The fourth-order valence-corrected chi connectivity index (χ4v) is 3.91. The van der Waals surface area contributed by atoms with Crippen molar-refractivity contribution in [2.24, 2.45) is 0 Å². The number of methoxy groups -OCH3 is 2. The highest BCUT2D eigenvalue weighted by Gasteiger charge is 2.20. The van der Waals surface area contributed by atoms with Crippen molar-refractivity contribution in [2.45, 2.75) is 19.3 Å². The number of nitrogens with one attached hydrogen (secondary N) is 2. The predicted octanol–water partition coefficient (Wildman–Crippen LogP) is 4.73. The molecule has 0 spiro atoms. The highest BCUT2D eigenvalue weighted by molar-refractivity contribution is 6.13. The van der Waals surface area contributed by atoms with Gasteiger partial charge in [0.25, 0.3) is 11.8 Å². The molecule has 0 bridgehead atoms. The molecule has 0 aromatic heterocycles. The molecule has 180 valence electrons. The van der Waals surface area contributed by atoms with E-state index in [1.54, 1.807) is 59.5 Å². The number of nitrogens with zero attached hydrogens (tertiary/aromatic N) is 1. The summed E-state index contributed by atoms with van der Waals surface area (Å²) in [6, 6.07) is 18.7. The Hall–Kier alpha value is -4.33. The van der Waals surface area contributed by atoms with Crippen molar-refractivity contribution in [1.29, 1.82) is 0 Å². The zero-order valence-electron chi connectivity index (χ0n) is 19.7. The normalized spacial score (nSPS) is 13.2. The number of carbonyl (C=O) groups excluding carboxylic acids is 3. The summed E-state index contributed by atoms with van der Waals surface area (Å²) in [6.45, 7) is 0.699. The maximum atomic E-state index is 13.2. The SMILES string of the molecule is COc1cccc(C(=O)Nc2ccc(OC)cc2C(=O)Nc2ccc(N3CCCCC3=O)cc2)c1. The summed E-state index contributed by atoms with van der Waals surface area (Å²) in [6.07, 6.45) is 2.45. The van der Waals surface area contributed by atoms with E-state index in [1.807, 2.05) is 12.1 Å². The van der Waals surface area contributed by atoms with E-state index in [0.29, 0.717) is 41.4 Å². The molecule has 1 saturated heterocycles. The molecule has 0 radical (unpaired) electrons. The third-order valence-electron chi connectivity index (χ3n) is 5.81. The molecule has 0 saturated carbocycles. The fourth-order valence-electron chi connectivity index (χ4n) is 3.91. The number of hydrogen-bond donors (Lipinski definition) is 2. The third-order valence-corrected chi connectivity index (χ3v) is 5.81. The molecule has 0 aliphatic carbocycles. The minimum atomic E-state index is -0.411. The van der Waals surface area contributed by atoms with E-state index in [-0.39, 0.29) is 17.4 Å². The lowest BCUT2D eigenvalue weighted by Crippen LogP contribution is -2.35. The number of benzene rings is 3. The van der Waals surface area contributed by atoms with Crippen molar-refractivity contribution in [1.82, 2.24) is 0 Å². The molecule has 35 heavy (non-hydrogen) atoms. The zero-order valence-corrected chi connectivity index (χ0v) is 19.7. The van der Waals surface area contributed by atoms with Gasteiger partial charge in [0.1, 0.15) is 11.5 Å². The summed E-state index contributed by atoms with van der Waals surface area (Å²) < 4.78 is 10.5. The highest BCUT2D eigenvalue weighted by atomic mass is 16.5. The van der Waals surface area contributed by atoms with Gasteiger partial charge in [-0.2, -0.15) is 0 Å². The quantitative estimate of drug-likeness (QED) is 0.517. The van der Waals surface area contributed by atoms with E-state index in [1.165, 1.54) is 14.2 Å². The molecule has 3 aromatic rings. The molecule has 4 rings (SSSR count). The first kappa shape index (κ1) is 23.8. The Kier molecular flexibility index (Phi) is 7.30. The first-order chi connectivity index (χ1) is 17.0. The van der Waals surface area contributed by atoms with Crippen LogP contribution in [0.4, 0.5) is 17.1 Å². The number of carbonyl (C=O) groups is 3. The van der Waals surface area contributed by atoms with Crippen LogP contribution in [0, 0.1) is 0 Å². The second kappa shape index (κ2) is 10.7. The molecule has 3 aromatic carbocycles. The maximum absolute atomic E-state index is 13.2. The Bertz CT molecular complexity index is 1240. The number of ether oxygens (including phenoxy) is 2. The number of amides is 3. The van der Waals surface area contributed by atoms with Crippen LogP contribution in [0.2, 0.25) is 0 Å². The lowest BCUT2D eigenvalue weighted by Gasteiger charge is -2.26. The van der Waals surface area contributed by atoms with E-state index in [2.05, 4.69) is 10.6 Å². The number of piperidine rings is 1. The van der Waals surface area contributed by atoms with Crippen LogP contribution in [-0.4, -0.2) is 38.5 Å². The minimum absolute atomic E-state index is 0.112.